The van der Waals surface area contributed by atoms with Crippen molar-refractivity contribution in [3.8, 4) is 28.4 Å². The van der Waals surface area contributed by atoms with E-state index in [1.807, 2.05) is 18.2 Å². The normalized spacial score (nSPS) is 16.5. The van der Waals surface area contributed by atoms with Gasteiger partial charge in [0.05, 0.1) is 25.3 Å². The van der Waals surface area contributed by atoms with E-state index in [0.29, 0.717) is 41.0 Å². The van der Waals surface area contributed by atoms with Gasteiger partial charge in [-0.2, -0.15) is 0 Å². The Hall–Kier alpha value is -2.99. The molecule has 1 aromatic heterocycles. The molecule has 0 N–H and O–H groups in total. The van der Waals surface area contributed by atoms with Gasteiger partial charge in [-0.1, -0.05) is 0 Å². The highest BCUT2D eigenvalue weighted by molar-refractivity contribution is 5.87. The lowest BCUT2D eigenvalue weighted by Crippen LogP contribution is -2.33. The standard InChI is InChI=1S/C22H21NO5/c1-25-15-6-8-19(26-2)16(10-15)17-9-13-3-7-20-18(21(13)28-22(17)24)11-23(12-27-20)14-4-5-14/h3,6-10,14H,4-5,11-12H2,1-2H3. The molecule has 0 unspecified atom stereocenters. The molecule has 2 aromatic carbocycles. The van der Waals surface area contributed by atoms with Gasteiger partial charge >= 0.3 is 5.63 Å². The van der Waals surface area contributed by atoms with E-state index >= 15 is 0 Å². The molecule has 6 nitrogen and oxygen atoms in total. The first-order valence-corrected chi connectivity index (χ1v) is 9.37. The summed E-state index contributed by atoms with van der Waals surface area (Å²) in [5.41, 5.74) is 2.22. The smallest absolute Gasteiger partial charge is 0.344 e. The summed E-state index contributed by atoms with van der Waals surface area (Å²) in [5, 5.41) is 0.861. The highest BCUT2D eigenvalue weighted by Crippen LogP contribution is 2.38. The molecule has 1 saturated carbocycles. The first kappa shape index (κ1) is 17.1. The molecule has 1 fully saturated rings. The third-order valence-corrected chi connectivity index (χ3v) is 5.47. The van der Waals surface area contributed by atoms with E-state index in [4.69, 9.17) is 18.6 Å². The van der Waals surface area contributed by atoms with E-state index in [1.165, 1.54) is 12.8 Å². The Bertz CT molecular complexity index is 1120. The van der Waals surface area contributed by atoms with E-state index in [-0.39, 0.29) is 0 Å². The monoisotopic (exact) mass is 379 g/mol. The summed E-state index contributed by atoms with van der Waals surface area (Å²) in [6, 6.07) is 11.7. The van der Waals surface area contributed by atoms with Crippen molar-refractivity contribution in [1.82, 2.24) is 4.90 Å². The predicted octanol–water partition coefficient (Wildman–Crippen LogP) is 3.79. The summed E-state index contributed by atoms with van der Waals surface area (Å²) >= 11 is 0. The first-order valence-electron chi connectivity index (χ1n) is 9.37. The Labute approximate surface area is 162 Å². The van der Waals surface area contributed by atoms with Crippen molar-refractivity contribution in [2.24, 2.45) is 0 Å². The largest absolute Gasteiger partial charge is 0.497 e. The first-order chi connectivity index (χ1) is 13.7. The van der Waals surface area contributed by atoms with Crippen LogP contribution in [0.25, 0.3) is 22.1 Å². The lowest BCUT2D eigenvalue weighted by Gasteiger charge is -2.29. The molecule has 1 aliphatic carbocycles. The second kappa shape index (κ2) is 6.56. The van der Waals surface area contributed by atoms with Crippen LogP contribution in [0.1, 0.15) is 18.4 Å². The molecule has 0 atom stereocenters. The van der Waals surface area contributed by atoms with Crippen LogP contribution in [0.5, 0.6) is 17.2 Å². The molecule has 3 aromatic rings. The Morgan fingerprint density at radius 2 is 1.89 bits per heavy atom. The zero-order valence-electron chi connectivity index (χ0n) is 15.9. The molecule has 28 heavy (non-hydrogen) atoms. The van der Waals surface area contributed by atoms with Crippen LogP contribution in [0.15, 0.2) is 45.6 Å². The van der Waals surface area contributed by atoms with E-state index in [0.717, 1.165) is 23.2 Å². The van der Waals surface area contributed by atoms with Gasteiger partial charge in [0.1, 0.15) is 29.6 Å². The van der Waals surface area contributed by atoms with Crippen molar-refractivity contribution >= 4 is 11.0 Å². The van der Waals surface area contributed by atoms with Crippen LogP contribution in [0.3, 0.4) is 0 Å². The Morgan fingerprint density at radius 3 is 2.64 bits per heavy atom. The van der Waals surface area contributed by atoms with Gasteiger partial charge < -0.3 is 18.6 Å². The van der Waals surface area contributed by atoms with E-state index in [1.54, 1.807) is 32.4 Å². The number of hydrogen-bond acceptors (Lipinski definition) is 6. The Morgan fingerprint density at radius 1 is 1.04 bits per heavy atom. The number of hydrogen-bond donors (Lipinski definition) is 0. The van der Waals surface area contributed by atoms with Crippen LogP contribution in [0, 0.1) is 0 Å². The highest BCUT2D eigenvalue weighted by Gasteiger charge is 2.33. The van der Waals surface area contributed by atoms with Crippen molar-refractivity contribution in [1.29, 1.82) is 0 Å². The number of fused-ring (bicyclic) bond motifs is 3. The van der Waals surface area contributed by atoms with Crippen LogP contribution >= 0.6 is 0 Å². The van der Waals surface area contributed by atoms with Crippen molar-refractivity contribution in [2.75, 3.05) is 21.0 Å². The van der Waals surface area contributed by atoms with Gasteiger partial charge in [0.25, 0.3) is 0 Å². The summed E-state index contributed by atoms with van der Waals surface area (Å²) in [4.78, 5) is 15.2. The fourth-order valence-electron chi connectivity index (χ4n) is 3.80. The topological polar surface area (TPSA) is 61.1 Å². The van der Waals surface area contributed by atoms with Crippen LogP contribution in [-0.4, -0.2) is 31.9 Å². The number of nitrogens with zero attached hydrogens (tertiary/aromatic N) is 1. The van der Waals surface area contributed by atoms with Crippen LogP contribution in [0.4, 0.5) is 0 Å². The minimum absolute atomic E-state index is 0.406. The summed E-state index contributed by atoms with van der Waals surface area (Å²) < 4.78 is 22.5. The zero-order chi connectivity index (χ0) is 19.3. The van der Waals surface area contributed by atoms with Gasteiger partial charge in [-0.05, 0) is 49.2 Å². The average molecular weight is 379 g/mol. The van der Waals surface area contributed by atoms with E-state index < -0.39 is 5.63 Å². The van der Waals surface area contributed by atoms with Crippen molar-refractivity contribution < 1.29 is 18.6 Å². The fraction of sp³-hybridized carbons (Fsp3) is 0.318. The van der Waals surface area contributed by atoms with Crippen LogP contribution in [-0.2, 0) is 6.54 Å². The van der Waals surface area contributed by atoms with Crippen molar-refractivity contribution in [3.63, 3.8) is 0 Å². The quantitative estimate of drug-likeness (QED) is 0.643. The molecule has 0 saturated heterocycles. The van der Waals surface area contributed by atoms with E-state index in [2.05, 4.69) is 4.90 Å². The van der Waals surface area contributed by atoms with Gasteiger partial charge in [0, 0.05) is 23.5 Å². The molecule has 144 valence electrons. The SMILES string of the molecule is COc1ccc(OC)c(-c2cc3ccc4c(c3oc2=O)CN(C2CC2)CO4)c1. The number of rotatable bonds is 4. The van der Waals surface area contributed by atoms with Gasteiger partial charge in [-0.25, -0.2) is 4.79 Å². The maximum atomic E-state index is 12.9. The van der Waals surface area contributed by atoms with Gasteiger partial charge in [-0.15, -0.1) is 0 Å². The number of methoxy groups -OCH3 is 2. The third kappa shape index (κ3) is 2.81. The molecule has 0 amide bonds. The molecule has 2 aliphatic rings. The predicted molar refractivity (Wildman–Crippen MR) is 105 cm³/mol. The fourth-order valence-corrected chi connectivity index (χ4v) is 3.80. The Balaban J connectivity index is 1.65. The zero-order valence-corrected chi connectivity index (χ0v) is 15.9. The second-order valence-electron chi connectivity index (χ2n) is 7.23. The Kier molecular flexibility index (Phi) is 4.02. The van der Waals surface area contributed by atoms with E-state index in [9.17, 15) is 4.79 Å². The molecular formula is C22H21NO5. The molecule has 0 bridgehead atoms. The maximum absolute atomic E-state index is 12.9. The highest BCUT2D eigenvalue weighted by atomic mass is 16.5. The lowest BCUT2D eigenvalue weighted by atomic mass is 10.0. The van der Waals surface area contributed by atoms with Gasteiger partial charge in [0.2, 0.25) is 0 Å². The van der Waals surface area contributed by atoms with Crippen molar-refractivity contribution in [2.45, 2.75) is 25.4 Å². The minimum Gasteiger partial charge on any atom is -0.497 e. The number of benzene rings is 2. The van der Waals surface area contributed by atoms with Gasteiger partial charge in [0.15, 0.2) is 0 Å². The third-order valence-electron chi connectivity index (χ3n) is 5.47. The molecule has 0 spiro atoms. The maximum Gasteiger partial charge on any atom is 0.344 e. The summed E-state index contributed by atoms with van der Waals surface area (Å²) in [7, 11) is 3.17. The molecule has 0 radical (unpaired) electrons. The lowest BCUT2D eigenvalue weighted by molar-refractivity contribution is 0.0885. The summed E-state index contributed by atoms with van der Waals surface area (Å²) in [6.07, 6.45) is 2.40. The second-order valence-corrected chi connectivity index (χ2v) is 7.23. The minimum atomic E-state index is -0.406. The van der Waals surface area contributed by atoms with Crippen LogP contribution in [0.2, 0.25) is 0 Å². The summed E-state index contributed by atoms with van der Waals surface area (Å²) in [6.45, 7) is 1.33. The summed E-state index contributed by atoms with van der Waals surface area (Å²) in [5.74, 6) is 2.03. The average Bonchev–Trinajstić information content (AvgIpc) is 3.58. The molecule has 6 heteroatoms. The van der Waals surface area contributed by atoms with Crippen LogP contribution < -0.4 is 19.8 Å². The van der Waals surface area contributed by atoms with Crippen molar-refractivity contribution in [3.05, 3.63) is 52.4 Å². The molecule has 1 aliphatic heterocycles. The molecule has 2 heterocycles. The number of ether oxygens (including phenoxy) is 3. The molecular weight excluding hydrogens is 358 g/mol. The van der Waals surface area contributed by atoms with Gasteiger partial charge in [-0.3, -0.25) is 4.90 Å². The molecule has 5 rings (SSSR count).